The normalized spacial score (nSPS) is 20.1. The summed E-state index contributed by atoms with van der Waals surface area (Å²) >= 11 is 0. The largest absolute Gasteiger partial charge is 0.806 e. The molecule has 5 nitrogen and oxygen atoms in total. The highest BCUT2D eigenvalue weighted by atomic mass is 16.3. The molecule has 1 aliphatic rings. The van der Waals surface area contributed by atoms with Crippen LogP contribution >= 0.6 is 0 Å². The molecule has 0 aromatic carbocycles. The third-order valence-electron chi connectivity index (χ3n) is 1.58. The second-order valence-corrected chi connectivity index (χ2v) is 2.68. The van der Waals surface area contributed by atoms with Crippen LogP contribution in [0.25, 0.3) is 0 Å². The van der Waals surface area contributed by atoms with Crippen LogP contribution in [0.2, 0.25) is 0 Å². The van der Waals surface area contributed by atoms with Gasteiger partial charge >= 0.3 is 5.91 Å². The first-order chi connectivity index (χ1) is 6.65. The van der Waals surface area contributed by atoms with E-state index in [0.29, 0.717) is 5.57 Å². The third kappa shape index (κ3) is 2.37. The van der Waals surface area contributed by atoms with Crippen molar-refractivity contribution in [3.05, 3.63) is 23.9 Å². The molecule has 1 aliphatic heterocycles. The average molecular weight is 194 g/mol. The van der Waals surface area contributed by atoms with E-state index in [-0.39, 0.29) is 6.61 Å². The molecule has 74 valence electrons. The zero-order chi connectivity index (χ0) is 10.6. The lowest BCUT2D eigenvalue weighted by Crippen LogP contribution is -2.34. The molecule has 0 aromatic heterocycles. The Bertz CT molecular complexity index is 364. The molecule has 5 heteroatoms. The molecule has 0 radical (unpaired) electrons. The number of amidine groups is 1. The van der Waals surface area contributed by atoms with E-state index in [9.17, 15) is 9.90 Å². The van der Waals surface area contributed by atoms with Gasteiger partial charge in [0.25, 0.3) is 6.02 Å². The number of carbonyl (C=O) groups excluding carboxylic acids is 1. The lowest BCUT2D eigenvalue weighted by atomic mass is 10.3. The molecule has 1 N–H and O–H groups in total. The highest BCUT2D eigenvalue weighted by Gasteiger charge is 2.18. The Kier molecular flexibility index (Phi) is 3.30. The Morgan fingerprint density at radius 2 is 2.43 bits per heavy atom. The van der Waals surface area contributed by atoms with Gasteiger partial charge in [0, 0.05) is 0 Å². The highest BCUT2D eigenvalue weighted by Crippen LogP contribution is 2.01. The fraction of sp³-hybridized carbons (Fsp3) is 0.222. The Balaban J connectivity index is 2.90. The maximum atomic E-state index is 11.1. The molecule has 0 atom stereocenters. The molecule has 1 rings (SSSR count). The molecule has 0 saturated heterocycles. The van der Waals surface area contributed by atoms with Crippen LogP contribution in [0.15, 0.2) is 28.9 Å². The summed E-state index contributed by atoms with van der Waals surface area (Å²) in [6.45, 7) is 1.48. The number of hydrogen-bond donors (Lipinski definition) is 1. The molecule has 14 heavy (non-hydrogen) atoms. The molecule has 0 unspecified atom stereocenters. The molecule has 0 aromatic rings. The minimum absolute atomic E-state index is 0.0999. The lowest BCUT2D eigenvalue weighted by molar-refractivity contribution is -0.437. The van der Waals surface area contributed by atoms with Gasteiger partial charge in [0.2, 0.25) is 0 Å². The number of allylic oxidation sites excluding steroid dienone is 1. The first-order valence-corrected chi connectivity index (χ1v) is 4.03. The van der Waals surface area contributed by atoms with Crippen molar-refractivity contribution in [2.24, 2.45) is 4.99 Å². The van der Waals surface area contributed by atoms with Gasteiger partial charge in [0.15, 0.2) is 0 Å². The van der Waals surface area contributed by atoms with E-state index in [1.54, 1.807) is 6.92 Å². The van der Waals surface area contributed by atoms with Crippen molar-refractivity contribution in [2.45, 2.75) is 6.92 Å². The Morgan fingerprint density at radius 3 is 3.07 bits per heavy atom. The van der Waals surface area contributed by atoms with E-state index >= 15 is 0 Å². The lowest BCUT2D eigenvalue weighted by Gasteiger charge is -2.07. The Labute approximate surface area is 81.0 Å². The van der Waals surface area contributed by atoms with Crippen molar-refractivity contribution in [1.82, 2.24) is 0 Å². The van der Waals surface area contributed by atoms with Gasteiger partial charge in [-0.15, -0.1) is 0 Å². The van der Waals surface area contributed by atoms with Crippen LogP contribution in [-0.2, 0) is 4.79 Å². The first-order valence-electron chi connectivity index (χ1n) is 4.03. The highest BCUT2D eigenvalue weighted by molar-refractivity contribution is 6.00. The number of amides is 1. The fourth-order valence-electron chi connectivity index (χ4n) is 0.873. The fourth-order valence-corrected chi connectivity index (χ4v) is 0.873. The number of rotatable bonds is 2. The van der Waals surface area contributed by atoms with Crippen molar-refractivity contribution in [1.29, 1.82) is 0 Å². The van der Waals surface area contributed by atoms with Gasteiger partial charge in [-0.25, -0.2) is 9.37 Å². The summed E-state index contributed by atoms with van der Waals surface area (Å²) in [6.07, 6.45) is 5.80. The van der Waals surface area contributed by atoms with Gasteiger partial charge < -0.3 is 10.2 Å². The molecule has 0 bridgehead atoms. The van der Waals surface area contributed by atoms with Crippen LogP contribution in [0.1, 0.15) is 6.92 Å². The number of aliphatic imine (C=N–C) groups is 1. The minimum atomic E-state index is -0.622. The van der Waals surface area contributed by atoms with Gasteiger partial charge in [-0.3, -0.25) is 0 Å². The maximum absolute atomic E-state index is 11.1. The van der Waals surface area contributed by atoms with E-state index in [4.69, 9.17) is 5.11 Å². The molecule has 0 fully saturated rings. The topological polar surface area (TPSA) is 75.7 Å². The number of aliphatic hydroxyl groups excluding tert-OH is 1. The van der Waals surface area contributed by atoms with Crippen molar-refractivity contribution in [2.75, 3.05) is 6.61 Å². The van der Waals surface area contributed by atoms with Crippen LogP contribution in [0, 0.1) is 0 Å². The Morgan fingerprint density at radius 1 is 1.71 bits per heavy atom. The number of carbonyl (C=O) groups is 1. The van der Waals surface area contributed by atoms with E-state index in [2.05, 4.69) is 4.99 Å². The monoisotopic (exact) mass is 194 g/mol. The van der Waals surface area contributed by atoms with Crippen LogP contribution in [0.3, 0.4) is 0 Å². The molecular weight excluding hydrogens is 184 g/mol. The SMILES string of the molecule is CC1=C[N+](=CC=CCO)C([O-])=NC1=O. The predicted molar refractivity (Wildman–Crippen MR) is 48.7 cm³/mol. The van der Waals surface area contributed by atoms with Crippen molar-refractivity contribution < 1.29 is 19.6 Å². The first kappa shape index (κ1) is 10.3. The van der Waals surface area contributed by atoms with Crippen molar-refractivity contribution >= 4 is 18.1 Å². The smallest absolute Gasteiger partial charge is 0.380 e. The van der Waals surface area contributed by atoms with E-state index < -0.39 is 11.9 Å². The van der Waals surface area contributed by atoms with Gasteiger partial charge in [0.1, 0.15) is 6.20 Å². The quantitative estimate of drug-likeness (QED) is 0.560. The summed E-state index contributed by atoms with van der Waals surface area (Å²) in [5.74, 6) is -0.509. The molecule has 0 saturated carbocycles. The van der Waals surface area contributed by atoms with Crippen LogP contribution in [0.4, 0.5) is 0 Å². The summed E-state index contributed by atoms with van der Waals surface area (Å²) in [5.41, 5.74) is 0.401. The van der Waals surface area contributed by atoms with Crippen molar-refractivity contribution in [3.63, 3.8) is 0 Å². The second-order valence-electron chi connectivity index (χ2n) is 2.68. The van der Waals surface area contributed by atoms with Crippen LogP contribution in [0.5, 0.6) is 0 Å². The van der Waals surface area contributed by atoms with Crippen molar-refractivity contribution in [3.8, 4) is 0 Å². The minimum Gasteiger partial charge on any atom is -0.806 e. The summed E-state index contributed by atoms with van der Waals surface area (Å²) in [5, 5.41) is 19.6. The number of hydrogen-bond acceptors (Lipinski definition) is 3. The van der Waals surface area contributed by atoms with Gasteiger partial charge in [0.05, 0.1) is 18.4 Å². The van der Waals surface area contributed by atoms with Crippen LogP contribution < -0.4 is 5.11 Å². The summed E-state index contributed by atoms with van der Waals surface area (Å²) in [7, 11) is 0. The van der Waals surface area contributed by atoms with Gasteiger partial charge in [-0.05, 0) is 18.0 Å². The molecular formula is C9H10N2O3. The molecule has 1 amide bonds. The zero-order valence-electron chi connectivity index (χ0n) is 7.67. The Hall–Kier alpha value is -1.75. The number of nitrogens with zero attached hydrogens (tertiary/aromatic N) is 2. The molecule has 0 spiro atoms. The molecule has 0 aliphatic carbocycles. The summed E-state index contributed by atoms with van der Waals surface area (Å²) < 4.78 is 1.18. The third-order valence-corrected chi connectivity index (χ3v) is 1.58. The van der Waals surface area contributed by atoms with E-state index in [0.717, 1.165) is 0 Å². The van der Waals surface area contributed by atoms with Crippen LogP contribution in [-0.4, -0.2) is 34.4 Å². The second kappa shape index (κ2) is 4.48. The van der Waals surface area contributed by atoms with Gasteiger partial charge in [-0.1, -0.05) is 6.08 Å². The van der Waals surface area contributed by atoms with E-state index in [1.165, 1.54) is 29.1 Å². The van der Waals surface area contributed by atoms with E-state index in [1.807, 2.05) is 0 Å². The zero-order valence-corrected chi connectivity index (χ0v) is 7.67. The summed E-state index contributed by atoms with van der Waals surface area (Å²) in [4.78, 5) is 14.2. The standard InChI is InChI=1S/C9H10N2O3/c1-7-6-11(4-2-3-5-12)9(14)10-8(7)13/h2-4,6,12H,5H2,1H3. The average Bonchev–Trinajstić information content (AvgIpc) is 2.14. The predicted octanol–water partition coefficient (Wildman–Crippen LogP) is -1.22. The molecule has 1 heterocycles. The maximum Gasteiger partial charge on any atom is 0.380 e. The van der Waals surface area contributed by atoms with Gasteiger partial charge in [-0.2, -0.15) is 0 Å². The summed E-state index contributed by atoms with van der Waals surface area (Å²) in [6, 6.07) is -0.622. The number of aliphatic hydroxyl groups is 1.